The molecule has 0 aliphatic carbocycles. The lowest BCUT2D eigenvalue weighted by atomic mass is 9.99. The van der Waals surface area contributed by atoms with Crippen molar-refractivity contribution in [2.45, 2.75) is 73.3 Å². The molecule has 0 saturated heterocycles. The van der Waals surface area contributed by atoms with E-state index < -0.39 is 0 Å². The van der Waals surface area contributed by atoms with Crippen molar-refractivity contribution >= 4 is 11.4 Å². The highest BCUT2D eigenvalue weighted by Gasteiger charge is 2.15. The van der Waals surface area contributed by atoms with E-state index in [2.05, 4.69) is 84.7 Å². The summed E-state index contributed by atoms with van der Waals surface area (Å²) in [5, 5.41) is 1.74. The lowest BCUT2D eigenvalue weighted by Crippen LogP contribution is -2.28. The number of nitrogens with zero attached hydrogens (tertiary/aromatic N) is 2. The molecule has 0 aromatic heterocycles. The van der Waals surface area contributed by atoms with Gasteiger partial charge in [0.25, 0.3) is 0 Å². The van der Waals surface area contributed by atoms with Crippen molar-refractivity contribution in [3.05, 3.63) is 36.0 Å². The van der Waals surface area contributed by atoms with Gasteiger partial charge in [-0.05, 0) is 69.2 Å². The molecule has 28 heavy (non-hydrogen) atoms. The Morgan fingerprint density at radius 1 is 1.14 bits per heavy atom. The molecular weight excluding hydrogens is 346 g/mol. The first-order valence-corrected chi connectivity index (χ1v) is 10.8. The molecule has 0 spiro atoms. The van der Waals surface area contributed by atoms with Crippen molar-refractivity contribution in [3.63, 3.8) is 0 Å². The molecule has 1 aromatic carbocycles. The summed E-state index contributed by atoms with van der Waals surface area (Å²) in [7, 11) is 2.15. The molecule has 2 atom stereocenters. The number of rotatable bonds is 11. The number of hydrogen-bond acceptors (Lipinski definition) is 4. The molecule has 1 aromatic rings. The van der Waals surface area contributed by atoms with Crippen LogP contribution < -0.4 is 15.8 Å². The molecule has 0 aliphatic rings. The molecule has 160 valence electrons. The van der Waals surface area contributed by atoms with Crippen molar-refractivity contribution in [2.24, 2.45) is 17.7 Å². The summed E-state index contributed by atoms with van der Waals surface area (Å²) in [6, 6.07) is 8.44. The van der Waals surface area contributed by atoms with Crippen LogP contribution in [0.4, 0.5) is 11.4 Å². The second kappa shape index (κ2) is 11.5. The fraction of sp³-hybridized carbons (Fsp3) is 0.667. The van der Waals surface area contributed by atoms with E-state index in [9.17, 15) is 0 Å². The second-order valence-corrected chi connectivity index (χ2v) is 9.07. The summed E-state index contributed by atoms with van der Waals surface area (Å²) in [4.78, 5) is 2.31. The van der Waals surface area contributed by atoms with Gasteiger partial charge in [0.15, 0.2) is 0 Å². The molecule has 0 aliphatic heterocycles. The fourth-order valence-electron chi connectivity index (χ4n) is 2.76. The van der Waals surface area contributed by atoms with E-state index in [1.165, 1.54) is 24.1 Å². The number of anilines is 2. The molecule has 0 bridgehead atoms. The van der Waals surface area contributed by atoms with Gasteiger partial charge < -0.3 is 9.64 Å². The predicted molar refractivity (Wildman–Crippen MR) is 124 cm³/mol. The van der Waals surface area contributed by atoms with Crippen molar-refractivity contribution in [2.75, 3.05) is 30.1 Å². The highest BCUT2D eigenvalue weighted by molar-refractivity contribution is 5.59. The Hall–Kier alpha value is -1.52. The molecule has 0 saturated carbocycles. The van der Waals surface area contributed by atoms with Crippen LogP contribution in [0.5, 0.6) is 0 Å². The third kappa shape index (κ3) is 8.66. The van der Waals surface area contributed by atoms with Gasteiger partial charge in [0, 0.05) is 25.5 Å². The van der Waals surface area contributed by atoms with E-state index in [0.717, 1.165) is 24.6 Å². The summed E-state index contributed by atoms with van der Waals surface area (Å²) in [5.41, 5.74) is 3.24. The minimum atomic E-state index is -0.162. The van der Waals surface area contributed by atoms with E-state index in [1.54, 1.807) is 5.01 Å². The normalized spacial score (nSPS) is 14.7. The van der Waals surface area contributed by atoms with Gasteiger partial charge in [0.2, 0.25) is 0 Å². The summed E-state index contributed by atoms with van der Waals surface area (Å²) in [6.45, 7) is 16.9. The zero-order chi connectivity index (χ0) is 21.3. The van der Waals surface area contributed by atoms with Crippen LogP contribution in [0.25, 0.3) is 0 Å². The summed E-state index contributed by atoms with van der Waals surface area (Å²) >= 11 is 0. The highest BCUT2D eigenvalue weighted by atomic mass is 16.5. The van der Waals surface area contributed by atoms with Gasteiger partial charge in [-0.25, -0.2) is 5.84 Å². The highest BCUT2D eigenvalue weighted by Crippen LogP contribution is 2.24. The Kier molecular flexibility index (Phi) is 10.0. The van der Waals surface area contributed by atoms with Crippen LogP contribution in [0.15, 0.2) is 36.0 Å². The summed E-state index contributed by atoms with van der Waals surface area (Å²) < 4.78 is 6.02. The molecule has 0 radical (unpaired) electrons. The Labute approximate surface area is 173 Å². The van der Waals surface area contributed by atoms with Crippen LogP contribution >= 0.6 is 0 Å². The summed E-state index contributed by atoms with van der Waals surface area (Å²) in [6.07, 6.45) is 5.53. The Morgan fingerprint density at radius 3 is 2.36 bits per heavy atom. The number of hydrogen-bond donors (Lipinski definition) is 1. The van der Waals surface area contributed by atoms with Crippen molar-refractivity contribution in [1.82, 2.24) is 0 Å². The molecule has 0 amide bonds. The quantitative estimate of drug-likeness (QED) is 0.373. The molecular formula is C24H43N3O. The van der Waals surface area contributed by atoms with Gasteiger partial charge in [-0.1, -0.05) is 40.2 Å². The number of ether oxygens (including phenoxy) is 1. The standard InChI is InChI=1S/C24H43N3O/c1-9-19(3)14-15-26(8)22-12-11-13-23(16-22)27(25)17-21(20(4)10-2)18-28-24(5,6)7/h11-13,16-17,19-20H,9-10,14-15,18,25H2,1-8H3/b21-17-. The Balaban J connectivity index is 2.93. The Morgan fingerprint density at radius 2 is 1.79 bits per heavy atom. The van der Waals surface area contributed by atoms with Crippen molar-refractivity contribution in [3.8, 4) is 0 Å². The van der Waals surface area contributed by atoms with Crippen LogP contribution in [0, 0.1) is 11.8 Å². The lowest BCUT2D eigenvalue weighted by molar-refractivity contribution is 0.00814. The summed E-state index contributed by atoms with van der Waals surface area (Å²) in [5.74, 6) is 7.60. The zero-order valence-electron chi connectivity index (χ0n) is 19.5. The topological polar surface area (TPSA) is 41.7 Å². The lowest BCUT2D eigenvalue weighted by Gasteiger charge is -2.26. The van der Waals surface area contributed by atoms with Crippen LogP contribution in [0.3, 0.4) is 0 Å². The molecule has 0 heterocycles. The van der Waals surface area contributed by atoms with Crippen molar-refractivity contribution in [1.29, 1.82) is 0 Å². The van der Waals surface area contributed by atoms with Crippen LogP contribution in [0.2, 0.25) is 0 Å². The van der Waals surface area contributed by atoms with E-state index in [0.29, 0.717) is 12.5 Å². The Bertz CT molecular complexity index is 606. The third-order valence-electron chi connectivity index (χ3n) is 5.44. The van der Waals surface area contributed by atoms with Gasteiger partial charge in [0.05, 0.1) is 17.9 Å². The molecule has 2 unspecified atom stereocenters. The predicted octanol–water partition coefficient (Wildman–Crippen LogP) is 5.98. The molecule has 1 rings (SSSR count). The molecule has 4 nitrogen and oxygen atoms in total. The third-order valence-corrected chi connectivity index (χ3v) is 5.44. The molecule has 2 N–H and O–H groups in total. The first-order chi connectivity index (χ1) is 13.1. The first kappa shape index (κ1) is 24.5. The van der Waals surface area contributed by atoms with Gasteiger partial charge in [-0.2, -0.15) is 0 Å². The number of benzene rings is 1. The minimum Gasteiger partial charge on any atom is -0.375 e. The fourth-order valence-corrected chi connectivity index (χ4v) is 2.76. The maximum Gasteiger partial charge on any atom is 0.0704 e. The minimum absolute atomic E-state index is 0.162. The van der Waals surface area contributed by atoms with Gasteiger partial charge in [-0.3, -0.25) is 5.01 Å². The van der Waals surface area contributed by atoms with Crippen LogP contribution in [-0.2, 0) is 4.74 Å². The van der Waals surface area contributed by atoms with E-state index in [4.69, 9.17) is 10.6 Å². The molecule has 0 fully saturated rings. The average molecular weight is 390 g/mol. The maximum atomic E-state index is 6.42. The van der Waals surface area contributed by atoms with Gasteiger partial charge >= 0.3 is 0 Å². The number of nitrogens with two attached hydrogens (primary N) is 1. The first-order valence-electron chi connectivity index (χ1n) is 10.8. The zero-order valence-corrected chi connectivity index (χ0v) is 19.5. The monoisotopic (exact) mass is 389 g/mol. The number of hydrazine groups is 1. The van der Waals surface area contributed by atoms with Gasteiger partial charge in [0.1, 0.15) is 0 Å². The van der Waals surface area contributed by atoms with E-state index >= 15 is 0 Å². The van der Waals surface area contributed by atoms with Crippen LogP contribution in [0.1, 0.15) is 67.7 Å². The second-order valence-electron chi connectivity index (χ2n) is 9.07. The van der Waals surface area contributed by atoms with E-state index in [-0.39, 0.29) is 5.60 Å². The van der Waals surface area contributed by atoms with Crippen molar-refractivity contribution < 1.29 is 4.74 Å². The van der Waals surface area contributed by atoms with Crippen LogP contribution in [-0.4, -0.2) is 25.8 Å². The maximum absolute atomic E-state index is 6.42. The largest absolute Gasteiger partial charge is 0.375 e. The molecule has 4 heteroatoms. The SMILES string of the molecule is CCC(C)CCN(C)c1cccc(N(N)/C=C(/COC(C)(C)C)C(C)CC)c1. The average Bonchev–Trinajstić information content (AvgIpc) is 2.67. The smallest absolute Gasteiger partial charge is 0.0704 e. The van der Waals surface area contributed by atoms with E-state index in [1.807, 2.05) is 6.20 Å². The van der Waals surface area contributed by atoms with Gasteiger partial charge in [-0.15, -0.1) is 0 Å².